The van der Waals surface area contributed by atoms with Gasteiger partial charge < -0.3 is 9.13 Å². The molecule has 0 aliphatic heterocycles. The molecule has 0 radical (unpaired) electrons. The van der Waals surface area contributed by atoms with Crippen LogP contribution >= 0.6 is 0 Å². The zero-order valence-electron chi connectivity index (χ0n) is 33.6. The molecule has 0 spiro atoms. The molecule has 3 aromatic heterocycles. The molecular formula is C57H37N5. The van der Waals surface area contributed by atoms with E-state index in [2.05, 4.69) is 221 Å². The molecule has 0 saturated carbocycles. The van der Waals surface area contributed by atoms with Crippen molar-refractivity contribution in [3.8, 4) is 67.8 Å². The molecule has 0 atom stereocenters. The Balaban J connectivity index is 0.993. The average molecular weight is 792 g/mol. The molecule has 5 nitrogen and oxygen atoms in total. The number of hydrogen-bond acceptors (Lipinski definition) is 3. The molecule has 0 aliphatic rings. The van der Waals surface area contributed by atoms with Gasteiger partial charge in [-0.25, -0.2) is 15.0 Å². The van der Waals surface area contributed by atoms with Gasteiger partial charge >= 0.3 is 0 Å². The quantitative estimate of drug-likeness (QED) is 0.162. The molecule has 0 saturated heterocycles. The minimum atomic E-state index is 0.618. The third kappa shape index (κ3) is 5.98. The van der Waals surface area contributed by atoms with E-state index in [0.29, 0.717) is 17.5 Å². The van der Waals surface area contributed by atoms with E-state index in [4.69, 9.17) is 15.0 Å². The summed E-state index contributed by atoms with van der Waals surface area (Å²) in [5.74, 6) is 1.87. The summed E-state index contributed by atoms with van der Waals surface area (Å²) in [4.78, 5) is 15.3. The fraction of sp³-hybridized carbons (Fsp3) is 0. The van der Waals surface area contributed by atoms with Gasteiger partial charge in [-0.3, -0.25) is 0 Å². The van der Waals surface area contributed by atoms with Gasteiger partial charge in [-0.15, -0.1) is 0 Å². The summed E-state index contributed by atoms with van der Waals surface area (Å²) < 4.78 is 4.81. The fourth-order valence-corrected chi connectivity index (χ4v) is 9.04. The van der Waals surface area contributed by atoms with Crippen LogP contribution in [-0.2, 0) is 0 Å². The molecule has 290 valence electrons. The molecule has 0 bridgehead atoms. The SMILES string of the molecule is c1ccc(-c2ccc(-c3nc(-c4ccc(-c5ccccc5)cc4)nc(-c4ccc(-n5c6ccccc6c6c5ccc5c7ccccc7n(-c7ccccc7)c56)cc4)n3)cc2)cc1. The molecule has 0 aliphatic carbocycles. The second-order valence-electron chi connectivity index (χ2n) is 15.6. The predicted molar refractivity (Wildman–Crippen MR) is 256 cm³/mol. The number of rotatable bonds is 7. The Labute approximate surface area is 358 Å². The van der Waals surface area contributed by atoms with Crippen molar-refractivity contribution < 1.29 is 0 Å². The van der Waals surface area contributed by atoms with E-state index < -0.39 is 0 Å². The maximum absolute atomic E-state index is 5.12. The number of benzene rings is 9. The van der Waals surface area contributed by atoms with Crippen LogP contribution in [0.25, 0.3) is 111 Å². The maximum atomic E-state index is 5.12. The maximum Gasteiger partial charge on any atom is 0.164 e. The predicted octanol–water partition coefficient (Wildman–Crippen LogP) is 14.4. The zero-order chi connectivity index (χ0) is 41.0. The Morgan fingerprint density at radius 2 is 0.629 bits per heavy atom. The van der Waals surface area contributed by atoms with Crippen molar-refractivity contribution in [2.24, 2.45) is 0 Å². The van der Waals surface area contributed by atoms with Crippen LogP contribution in [0.1, 0.15) is 0 Å². The summed E-state index contributed by atoms with van der Waals surface area (Å²) >= 11 is 0. The van der Waals surface area contributed by atoms with Gasteiger partial charge in [0.15, 0.2) is 17.5 Å². The van der Waals surface area contributed by atoms with Crippen molar-refractivity contribution in [1.82, 2.24) is 24.1 Å². The Morgan fingerprint density at radius 3 is 1.16 bits per heavy atom. The normalized spacial score (nSPS) is 11.5. The second-order valence-corrected chi connectivity index (χ2v) is 15.6. The minimum Gasteiger partial charge on any atom is -0.309 e. The second kappa shape index (κ2) is 14.7. The third-order valence-corrected chi connectivity index (χ3v) is 12.0. The zero-order valence-corrected chi connectivity index (χ0v) is 33.6. The number of fused-ring (bicyclic) bond motifs is 7. The number of hydrogen-bond donors (Lipinski definition) is 0. The van der Waals surface area contributed by atoms with Crippen LogP contribution in [0, 0.1) is 0 Å². The van der Waals surface area contributed by atoms with Crippen molar-refractivity contribution in [1.29, 1.82) is 0 Å². The van der Waals surface area contributed by atoms with Crippen molar-refractivity contribution in [2.45, 2.75) is 0 Å². The van der Waals surface area contributed by atoms with Gasteiger partial charge in [-0.1, -0.05) is 170 Å². The van der Waals surface area contributed by atoms with Gasteiger partial charge in [0.25, 0.3) is 0 Å². The highest BCUT2D eigenvalue weighted by Crippen LogP contribution is 2.42. The molecule has 9 aromatic carbocycles. The lowest BCUT2D eigenvalue weighted by molar-refractivity contribution is 1.07. The van der Waals surface area contributed by atoms with E-state index in [0.717, 1.165) is 50.2 Å². The average Bonchev–Trinajstić information content (AvgIpc) is 3.88. The lowest BCUT2D eigenvalue weighted by Crippen LogP contribution is -2.01. The summed E-state index contributed by atoms with van der Waals surface area (Å²) in [6.07, 6.45) is 0. The molecular weight excluding hydrogens is 755 g/mol. The third-order valence-electron chi connectivity index (χ3n) is 12.0. The Hall–Kier alpha value is -8.41. The molecule has 62 heavy (non-hydrogen) atoms. The lowest BCUT2D eigenvalue weighted by atomic mass is 10.0. The fourth-order valence-electron chi connectivity index (χ4n) is 9.04. The monoisotopic (exact) mass is 791 g/mol. The van der Waals surface area contributed by atoms with E-state index in [-0.39, 0.29) is 0 Å². The first kappa shape index (κ1) is 35.5. The van der Waals surface area contributed by atoms with E-state index >= 15 is 0 Å². The summed E-state index contributed by atoms with van der Waals surface area (Å²) in [5, 5.41) is 4.91. The topological polar surface area (TPSA) is 48.5 Å². The Morgan fingerprint density at radius 1 is 0.242 bits per heavy atom. The van der Waals surface area contributed by atoms with Gasteiger partial charge in [0, 0.05) is 49.6 Å². The highest BCUT2D eigenvalue weighted by atomic mass is 15.0. The number of aromatic nitrogens is 5. The highest BCUT2D eigenvalue weighted by molar-refractivity contribution is 6.26. The number of para-hydroxylation sites is 3. The molecule has 5 heteroatoms. The van der Waals surface area contributed by atoms with E-state index in [1.807, 2.05) is 12.1 Å². The van der Waals surface area contributed by atoms with Gasteiger partial charge in [0.1, 0.15) is 0 Å². The van der Waals surface area contributed by atoms with E-state index in [1.165, 1.54) is 43.7 Å². The summed E-state index contributed by atoms with van der Waals surface area (Å²) in [7, 11) is 0. The van der Waals surface area contributed by atoms with Gasteiger partial charge in [0.2, 0.25) is 0 Å². The van der Waals surface area contributed by atoms with Crippen LogP contribution < -0.4 is 0 Å². The van der Waals surface area contributed by atoms with Crippen LogP contribution in [-0.4, -0.2) is 24.1 Å². The summed E-state index contributed by atoms with van der Waals surface area (Å²) in [5.41, 5.74) is 14.3. The molecule has 0 unspecified atom stereocenters. The molecule has 12 aromatic rings. The van der Waals surface area contributed by atoms with E-state index in [1.54, 1.807) is 0 Å². The van der Waals surface area contributed by atoms with Crippen molar-refractivity contribution in [3.05, 3.63) is 224 Å². The van der Waals surface area contributed by atoms with Crippen LogP contribution in [0.2, 0.25) is 0 Å². The highest BCUT2D eigenvalue weighted by Gasteiger charge is 2.21. The van der Waals surface area contributed by atoms with Crippen LogP contribution in [0.15, 0.2) is 224 Å². The van der Waals surface area contributed by atoms with Crippen molar-refractivity contribution in [3.63, 3.8) is 0 Å². The summed E-state index contributed by atoms with van der Waals surface area (Å²) in [6.45, 7) is 0. The van der Waals surface area contributed by atoms with Crippen LogP contribution in [0.4, 0.5) is 0 Å². The largest absolute Gasteiger partial charge is 0.309 e. The molecule has 0 N–H and O–H groups in total. The first-order valence-corrected chi connectivity index (χ1v) is 20.9. The first-order chi connectivity index (χ1) is 30.7. The minimum absolute atomic E-state index is 0.618. The molecule has 3 heterocycles. The van der Waals surface area contributed by atoms with Crippen LogP contribution in [0.3, 0.4) is 0 Å². The van der Waals surface area contributed by atoms with Crippen molar-refractivity contribution in [2.75, 3.05) is 0 Å². The van der Waals surface area contributed by atoms with Gasteiger partial charge in [-0.05, 0) is 76.9 Å². The van der Waals surface area contributed by atoms with Crippen LogP contribution in [0.5, 0.6) is 0 Å². The Bertz CT molecular complexity index is 3470. The number of nitrogens with zero attached hydrogens (tertiary/aromatic N) is 5. The van der Waals surface area contributed by atoms with Crippen molar-refractivity contribution >= 4 is 43.6 Å². The molecule has 0 fully saturated rings. The molecule has 12 rings (SSSR count). The molecule has 0 amide bonds. The lowest BCUT2D eigenvalue weighted by Gasteiger charge is -2.12. The van der Waals surface area contributed by atoms with Gasteiger partial charge in [-0.2, -0.15) is 0 Å². The smallest absolute Gasteiger partial charge is 0.164 e. The van der Waals surface area contributed by atoms with E-state index in [9.17, 15) is 0 Å². The standard InChI is InChI=1S/C57H37N5/c1-4-14-38(15-5-1)40-24-28-42(29-25-40)55-58-56(43-30-26-41(27-31-43)39-16-6-2-7-17-39)60-57(59-55)44-32-34-46(35-33-44)61-51-23-13-11-21-49(51)53-52(61)37-36-48-47-20-10-12-22-50(47)62(54(48)53)45-18-8-3-9-19-45/h1-37H. The van der Waals surface area contributed by atoms with Gasteiger partial charge in [0.05, 0.1) is 22.1 Å². The Kier molecular flexibility index (Phi) is 8.42. The first-order valence-electron chi connectivity index (χ1n) is 20.9. The summed E-state index contributed by atoms with van der Waals surface area (Å²) in [6, 6.07) is 79.1.